The van der Waals surface area contributed by atoms with Gasteiger partial charge < -0.3 is 10.8 Å². The first-order valence-corrected chi connectivity index (χ1v) is 7.08. The van der Waals surface area contributed by atoms with Gasteiger partial charge in [0, 0.05) is 6.54 Å². The molecule has 0 heterocycles. The van der Waals surface area contributed by atoms with Crippen molar-refractivity contribution in [2.75, 3.05) is 12.3 Å². The normalized spacial score (nSPS) is 13.5. The van der Waals surface area contributed by atoms with Gasteiger partial charge in [0.2, 0.25) is 10.0 Å². The van der Waals surface area contributed by atoms with Gasteiger partial charge in [-0.25, -0.2) is 17.5 Å². The van der Waals surface area contributed by atoms with Crippen molar-refractivity contribution in [3.63, 3.8) is 0 Å². The minimum atomic E-state index is -3.71. The lowest BCUT2D eigenvalue weighted by Gasteiger charge is -2.10. The molecule has 5 nitrogen and oxygen atoms in total. The van der Waals surface area contributed by atoms with Crippen LogP contribution >= 0.6 is 0 Å². The Labute approximate surface area is 106 Å². The van der Waals surface area contributed by atoms with Crippen LogP contribution in [0.25, 0.3) is 0 Å². The third kappa shape index (κ3) is 3.94. The number of benzene rings is 1. The molecule has 0 bridgehead atoms. The number of hydrogen-bond donors (Lipinski definition) is 3. The van der Waals surface area contributed by atoms with Crippen molar-refractivity contribution in [2.24, 2.45) is 0 Å². The van der Waals surface area contributed by atoms with Crippen molar-refractivity contribution in [3.8, 4) is 0 Å². The van der Waals surface area contributed by atoms with Crippen molar-refractivity contribution in [1.29, 1.82) is 0 Å². The number of nitrogens with one attached hydrogen (secondary N) is 1. The number of hydrogen-bond acceptors (Lipinski definition) is 4. The van der Waals surface area contributed by atoms with Gasteiger partial charge >= 0.3 is 0 Å². The van der Waals surface area contributed by atoms with Gasteiger partial charge in [-0.3, -0.25) is 0 Å². The summed E-state index contributed by atoms with van der Waals surface area (Å²) in [4.78, 5) is -0.0904. The number of rotatable bonds is 6. The zero-order valence-electron chi connectivity index (χ0n) is 10.1. The second kappa shape index (κ2) is 6.12. The summed E-state index contributed by atoms with van der Waals surface area (Å²) >= 11 is 0. The highest BCUT2D eigenvalue weighted by atomic mass is 32.2. The highest BCUT2D eigenvalue weighted by Crippen LogP contribution is 2.16. The fraction of sp³-hybridized carbons (Fsp3) is 0.455. The van der Waals surface area contributed by atoms with Crippen LogP contribution in [0.4, 0.5) is 10.1 Å². The first-order valence-electron chi connectivity index (χ1n) is 5.59. The molecule has 0 radical (unpaired) electrons. The number of sulfonamides is 1. The van der Waals surface area contributed by atoms with Crippen LogP contribution in [0.2, 0.25) is 0 Å². The number of aliphatic hydroxyl groups is 1. The van der Waals surface area contributed by atoms with E-state index >= 15 is 0 Å². The molecule has 1 aromatic rings. The van der Waals surface area contributed by atoms with Crippen LogP contribution in [-0.4, -0.2) is 26.2 Å². The quantitative estimate of drug-likeness (QED) is 0.671. The smallest absolute Gasteiger partial charge is 0.240 e. The fourth-order valence-corrected chi connectivity index (χ4v) is 2.42. The topological polar surface area (TPSA) is 92.4 Å². The van der Waals surface area contributed by atoms with Gasteiger partial charge in [-0.15, -0.1) is 0 Å². The summed E-state index contributed by atoms with van der Waals surface area (Å²) in [5, 5.41) is 9.30. The standard InChI is InChI=1S/C11H17FN2O3S/c1-2-8(15)5-6-14-18(16,17)9-3-4-10(12)11(13)7-9/h3-4,7-8,14-15H,2,5-6,13H2,1H3. The van der Waals surface area contributed by atoms with E-state index in [1.165, 1.54) is 0 Å². The maximum absolute atomic E-state index is 12.9. The highest BCUT2D eigenvalue weighted by molar-refractivity contribution is 7.89. The maximum Gasteiger partial charge on any atom is 0.240 e. The van der Waals surface area contributed by atoms with Gasteiger partial charge in [0.25, 0.3) is 0 Å². The molecule has 4 N–H and O–H groups in total. The second-order valence-electron chi connectivity index (χ2n) is 3.93. The first-order chi connectivity index (χ1) is 8.36. The predicted octanol–water partition coefficient (Wildman–Crippen LogP) is 0.847. The summed E-state index contributed by atoms with van der Waals surface area (Å²) < 4.78 is 38.8. The lowest BCUT2D eigenvalue weighted by Crippen LogP contribution is -2.27. The van der Waals surface area contributed by atoms with Crippen LogP contribution in [-0.2, 0) is 10.0 Å². The number of halogens is 1. The molecule has 102 valence electrons. The molecule has 0 spiro atoms. The summed E-state index contributed by atoms with van der Waals surface area (Å²) in [5.74, 6) is -0.657. The van der Waals surface area contributed by atoms with Gasteiger partial charge in [-0.05, 0) is 31.0 Å². The summed E-state index contributed by atoms with van der Waals surface area (Å²) in [6.07, 6.45) is 0.350. The molecule has 0 aliphatic heterocycles. The number of nitrogens with two attached hydrogens (primary N) is 1. The van der Waals surface area contributed by atoms with E-state index in [0.29, 0.717) is 12.8 Å². The van der Waals surface area contributed by atoms with Crippen LogP contribution in [0.5, 0.6) is 0 Å². The fourth-order valence-electron chi connectivity index (χ4n) is 1.34. The molecule has 0 amide bonds. The minimum absolute atomic E-state index is 0.0904. The second-order valence-corrected chi connectivity index (χ2v) is 5.70. The average Bonchev–Trinajstić information content (AvgIpc) is 2.32. The van der Waals surface area contributed by atoms with Crippen molar-refractivity contribution < 1.29 is 17.9 Å². The van der Waals surface area contributed by atoms with E-state index in [1.807, 2.05) is 0 Å². The van der Waals surface area contributed by atoms with Gasteiger partial charge in [0.15, 0.2) is 0 Å². The third-order valence-corrected chi connectivity index (χ3v) is 3.98. The molecule has 1 aromatic carbocycles. The van der Waals surface area contributed by atoms with E-state index in [2.05, 4.69) is 4.72 Å². The Morgan fingerprint density at radius 3 is 2.72 bits per heavy atom. The number of anilines is 1. The van der Waals surface area contributed by atoms with E-state index in [-0.39, 0.29) is 17.1 Å². The van der Waals surface area contributed by atoms with Crippen molar-refractivity contribution in [3.05, 3.63) is 24.0 Å². The molecule has 7 heteroatoms. The van der Waals surface area contributed by atoms with Gasteiger partial charge in [-0.1, -0.05) is 6.92 Å². The number of nitrogen functional groups attached to an aromatic ring is 1. The SMILES string of the molecule is CCC(O)CCNS(=O)(=O)c1ccc(F)c(N)c1. The predicted molar refractivity (Wildman–Crippen MR) is 66.9 cm³/mol. The Morgan fingerprint density at radius 2 is 2.17 bits per heavy atom. The summed E-state index contributed by atoms with van der Waals surface area (Å²) in [6.45, 7) is 1.93. The molecular formula is C11H17FN2O3S. The molecule has 0 saturated carbocycles. The maximum atomic E-state index is 12.9. The van der Waals surface area contributed by atoms with E-state index in [9.17, 15) is 17.9 Å². The average molecular weight is 276 g/mol. The lowest BCUT2D eigenvalue weighted by atomic mass is 10.2. The molecule has 0 saturated heterocycles. The molecule has 0 aromatic heterocycles. The minimum Gasteiger partial charge on any atom is -0.396 e. The summed E-state index contributed by atoms with van der Waals surface area (Å²) in [6, 6.07) is 3.21. The Morgan fingerprint density at radius 1 is 1.50 bits per heavy atom. The van der Waals surface area contributed by atoms with Crippen LogP contribution in [0.1, 0.15) is 19.8 Å². The molecule has 0 fully saturated rings. The van der Waals surface area contributed by atoms with Gasteiger partial charge in [0.1, 0.15) is 5.82 Å². The van der Waals surface area contributed by atoms with Gasteiger partial charge in [0.05, 0.1) is 16.7 Å². The van der Waals surface area contributed by atoms with Crippen LogP contribution in [0, 0.1) is 5.82 Å². The Balaban J connectivity index is 2.71. The first kappa shape index (κ1) is 14.9. The van der Waals surface area contributed by atoms with Gasteiger partial charge in [-0.2, -0.15) is 0 Å². The van der Waals surface area contributed by atoms with Crippen molar-refractivity contribution >= 4 is 15.7 Å². The van der Waals surface area contributed by atoms with Crippen LogP contribution in [0.3, 0.4) is 0 Å². The van der Waals surface area contributed by atoms with E-state index in [4.69, 9.17) is 5.73 Å². The molecule has 1 rings (SSSR count). The lowest BCUT2D eigenvalue weighted by molar-refractivity contribution is 0.162. The zero-order valence-corrected chi connectivity index (χ0v) is 10.9. The van der Waals surface area contributed by atoms with E-state index in [0.717, 1.165) is 18.2 Å². The van der Waals surface area contributed by atoms with Crippen LogP contribution < -0.4 is 10.5 Å². The third-order valence-electron chi connectivity index (χ3n) is 2.52. The van der Waals surface area contributed by atoms with Crippen molar-refractivity contribution in [1.82, 2.24) is 4.72 Å². The molecule has 0 aliphatic rings. The van der Waals surface area contributed by atoms with Crippen molar-refractivity contribution in [2.45, 2.75) is 30.8 Å². The largest absolute Gasteiger partial charge is 0.396 e. The molecule has 1 unspecified atom stereocenters. The molecular weight excluding hydrogens is 259 g/mol. The van der Waals surface area contributed by atoms with Crippen LogP contribution in [0.15, 0.2) is 23.1 Å². The Hall–Kier alpha value is -1.18. The Kier molecular flexibility index (Phi) is 5.06. The summed E-state index contributed by atoms with van der Waals surface area (Å²) in [5.41, 5.74) is 5.09. The Bertz CT molecular complexity index is 505. The van der Waals surface area contributed by atoms with E-state index < -0.39 is 21.9 Å². The summed E-state index contributed by atoms with van der Waals surface area (Å²) in [7, 11) is -3.71. The monoisotopic (exact) mass is 276 g/mol. The highest BCUT2D eigenvalue weighted by Gasteiger charge is 2.15. The molecule has 0 aliphatic carbocycles. The molecule has 1 atom stereocenters. The molecule has 18 heavy (non-hydrogen) atoms. The van der Waals surface area contributed by atoms with E-state index in [1.54, 1.807) is 6.92 Å². The zero-order chi connectivity index (χ0) is 13.8. The number of aliphatic hydroxyl groups excluding tert-OH is 1.